The van der Waals surface area contributed by atoms with Gasteiger partial charge in [-0.1, -0.05) is 24.3 Å². The van der Waals surface area contributed by atoms with Crippen LogP contribution in [0.5, 0.6) is 0 Å². The number of benzene rings is 1. The van der Waals surface area contributed by atoms with E-state index in [9.17, 15) is 4.79 Å². The fraction of sp³-hybridized carbons (Fsp3) is 0.476. The molecule has 2 aliphatic rings. The van der Waals surface area contributed by atoms with Gasteiger partial charge in [-0.25, -0.2) is 14.8 Å². The lowest BCUT2D eigenvalue weighted by Gasteiger charge is -2.40. The first-order valence-corrected chi connectivity index (χ1v) is 10.3. The summed E-state index contributed by atoms with van der Waals surface area (Å²) in [6, 6.07) is 8.80. The normalized spacial score (nSPS) is 17.8. The lowest BCUT2D eigenvalue weighted by atomic mass is 9.76. The lowest BCUT2D eigenvalue weighted by Crippen LogP contribution is -2.42. The smallest absolute Gasteiger partial charge is 0.360 e. The van der Waals surface area contributed by atoms with Crippen LogP contribution in [0, 0.1) is 12.3 Å². The number of fused-ring (bicyclic) bond motifs is 1. The van der Waals surface area contributed by atoms with E-state index in [1.807, 2.05) is 6.92 Å². The molecule has 5 nitrogen and oxygen atoms in total. The van der Waals surface area contributed by atoms with E-state index in [1.54, 1.807) is 6.92 Å². The number of aryl methyl sites for hydroxylation is 1. The van der Waals surface area contributed by atoms with Gasteiger partial charge in [0.1, 0.15) is 4.60 Å². The Morgan fingerprint density at radius 3 is 2.41 bits per heavy atom. The second-order valence-corrected chi connectivity index (χ2v) is 8.35. The third-order valence-electron chi connectivity index (χ3n) is 5.84. The number of hydrogen-bond donors (Lipinski definition) is 0. The number of carbonyl (C=O) groups is 1. The number of piperidine rings is 1. The van der Waals surface area contributed by atoms with E-state index in [0.29, 0.717) is 28.1 Å². The zero-order valence-corrected chi connectivity index (χ0v) is 17.4. The molecular formula is C21H24BrN3O2. The fourth-order valence-electron chi connectivity index (χ4n) is 4.36. The van der Waals surface area contributed by atoms with Crippen LogP contribution in [-0.4, -0.2) is 35.6 Å². The highest BCUT2D eigenvalue weighted by Gasteiger charge is 2.40. The predicted octanol–water partition coefficient (Wildman–Crippen LogP) is 4.11. The molecule has 142 valence electrons. The monoisotopic (exact) mass is 429 g/mol. The molecule has 1 aliphatic carbocycles. The molecule has 0 amide bonds. The largest absolute Gasteiger partial charge is 0.461 e. The topological polar surface area (TPSA) is 55.3 Å². The van der Waals surface area contributed by atoms with Crippen molar-refractivity contribution < 1.29 is 9.53 Å². The van der Waals surface area contributed by atoms with E-state index in [0.717, 1.165) is 44.5 Å². The number of aromatic nitrogens is 2. The van der Waals surface area contributed by atoms with Crippen LogP contribution in [0.15, 0.2) is 28.9 Å². The van der Waals surface area contributed by atoms with Crippen molar-refractivity contribution in [2.75, 3.05) is 24.6 Å². The van der Waals surface area contributed by atoms with Gasteiger partial charge in [0.05, 0.1) is 12.3 Å². The van der Waals surface area contributed by atoms with Crippen molar-refractivity contribution in [2.45, 2.75) is 39.5 Å². The molecule has 1 fully saturated rings. The number of carbonyl (C=O) groups excluding carboxylic acids is 1. The van der Waals surface area contributed by atoms with Crippen LogP contribution >= 0.6 is 15.9 Å². The van der Waals surface area contributed by atoms with Crippen LogP contribution < -0.4 is 4.90 Å². The molecule has 27 heavy (non-hydrogen) atoms. The first kappa shape index (κ1) is 18.4. The van der Waals surface area contributed by atoms with E-state index >= 15 is 0 Å². The van der Waals surface area contributed by atoms with Crippen LogP contribution in [0.1, 0.15) is 47.1 Å². The molecule has 0 atom stereocenters. The number of anilines is 1. The summed E-state index contributed by atoms with van der Waals surface area (Å²) in [6.07, 6.45) is 4.51. The molecule has 1 saturated heterocycles. The molecule has 1 aliphatic heterocycles. The number of esters is 1. The van der Waals surface area contributed by atoms with Gasteiger partial charge in [-0.15, -0.1) is 0 Å². The van der Waals surface area contributed by atoms with Crippen LogP contribution in [-0.2, 0) is 17.6 Å². The molecule has 0 unspecified atom stereocenters. The Bertz CT molecular complexity index is 849. The van der Waals surface area contributed by atoms with Gasteiger partial charge in [-0.3, -0.25) is 0 Å². The Hall–Kier alpha value is -1.95. The van der Waals surface area contributed by atoms with Gasteiger partial charge in [0.2, 0.25) is 0 Å². The SMILES string of the molecule is CCOC(=O)c1nc(Br)c(C)nc1N1CCC2(CC1)Cc1ccccc1C2. The molecule has 0 N–H and O–H groups in total. The summed E-state index contributed by atoms with van der Waals surface area (Å²) in [7, 11) is 0. The summed E-state index contributed by atoms with van der Waals surface area (Å²) in [5, 5.41) is 0. The minimum atomic E-state index is -0.408. The molecule has 2 aromatic rings. The Kier molecular flexibility index (Phi) is 4.93. The number of halogens is 1. The zero-order chi connectivity index (χ0) is 19.0. The van der Waals surface area contributed by atoms with Crippen molar-refractivity contribution in [3.8, 4) is 0 Å². The maximum atomic E-state index is 12.4. The third-order valence-corrected chi connectivity index (χ3v) is 6.59. The molecule has 0 saturated carbocycles. The Balaban J connectivity index is 1.55. The van der Waals surface area contributed by atoms with Crippen molar-refractivity contribution in [1.82, 2.24) is 9.97 Å². The fourth-order valence-corrected chi connectivity index (χ4v) is 4.63. The van der Waals surface area contributed by atoms with Gasteiger partial charge in [0.25, 0.3) is 0 Å². The van der Waals surface area contributed by atoms with Crippen molar-refractivity contribution in [3.05, 3.63) is 51.4 Å². The number of rotatable bonds is 3. The van der Waals surface area contributed by atoms with Crippen LogP contribution in [0.25, 0.3) is 0 Å². The van der Waals surface area contributed by atoms with E-state index < -0.39 is 5.97 Å². The molecule has 0 bridgehead atoms. The lowest BCUT2D eigenvalue weighted by molar-refractivity contribution is 0.0519. The summed E-state index contributed by atoms with van der Waals surface area (Å²) in [6.45, 7) is 5.80. The first-order chi connectivity index (χ1) is 13.0. The first-order valence-electron chi connectivity index (χ1n) is 9.54. The van der Waals surface area contributed by atoms with E-state index in [4.69, 9.17) is 4.74 Å². The summed E-state index contributed by atoms with van der Waals surface area (Å²) < 4.78 is 5.79. The van der Waals surface area contributed by atoms with E-state index in [-0.39, 0.29) is 0 Å². The van der Waals surface area contributed by atoms with Gasteiger partial charge in [-0.05, 0) is 72.0 Å². The summed E-state index contributed by atoms with van der Waals surface area (Å²) in [4.78, 5) is 23.7. The van der Waals surface area contributed by atoms with Gasteiger partial charge >= 0.3 is 5.97 Å². The standard InChI is InChI=1S/C21H24BrN3O2/c1-3-27-20(26)17-19(23-14(2)18(22)24-17)25-10-8-21(9-11-25)12-15-6-4-5-7-16(15)13-21/h4-7H,3,8-13H2,1-2H3. The molecule has 6 heteroatoms. The second-order valence-electron chi connectivity index (χ2n) is 7.60. The summed E-state index contributed by atoms with van der Waals surface area (Å²) in [5.74, 6) is 0.244. The summed E-state index contributed by atoms with van der Waals surface area (Å²) in [5.41, 5.74) is 4.43. The predicted molar refractivity (Wildman–Crippen MR) is 108 cm³/mol. The minimum Gasteiger partial charge on any atom is -0.461 e. The van der Waals surface area contributed by atoms with Gasteiger partial charge in [0.15, 0.2) is 11.5 Å². The van der Waals surface area contributed by atoms with Gasteiger partial charge in [0, 0.05) is 13.1 Å². The highest BCUT2D eigenvalue weighted by atomic mass is 79.9. The van der Waals surface area contributed by atoms with Crippen molar-refractivity contribution >= 4 is 27.7 Å². The molecular weight excluding hydrogens is 406 g/mol. The molecule has 0 radical (unpaired) electrons. The highest BCUT2D eigenvalue weighted by molar-refractivity contribution is 9.10. The Morgan fingerprint density at radius 1 is 1.19 bits per heavy atom. The second kappa shape index (κ2) is 7.23. The van der Waals surface area contributed by atoms with Gasteiger partial charge in [-0.2, -0.15) is 0 Å². The Labute approximate surface area is 168 Å². The number of hydrogen-bond acceptors (Lipinski definition) is 5. The molecule has 1 aromatic heterocycles. The van der Waals surface area contributed by atoms with Crippen molar-refractivity contribution in [1.29, 1.82) is 0 Å². The van der Waals surface area contributed by atoms with Crippen molar-refractivity contribution in [3.63, 3.8) is 0 Å². The van der Waals surface area contributed by atoms with Crippen LogP contribution in [0.3, 0.4) is 0 Å². The number of nitrogens with zero attached hydrogens (tertiary/aromatic N) is 3. The molecule has 4 rings (SSSR count). The van der Waals surface area contributed by atoms with Crippen LogP contribution in [0.4, 0.5) is 5.82 Å². The third kappa shape index (κ3) is 3.47. The molecule has 1 spiro atoms. The zero-order valence-electron chi connectivity index (χ0n) is 15.8. The highest BCUT2D eigenvalue weighted by Crippen LogP contribution is 2.45. The maximum absolute atomic E-state index is 12.4. The average molecular weight is 430 g/mol. The molecule has 1 aromatic carbocycles. The van der Waals surface area contributed by atoms with E-state index in [1.165, 1.54) is 11.1 Å². The summed E-state index contributed by atoms with van der Waals surface area (Å²) >= 11 is 3.39. The van der Waals surface area contributed by atoms with Crippen LogP contribution in [0.2, 0.25) is 0 Å². The average Bonchev–Trinajstić information content (AvgIpc) is 3.02. The minimum absolute atomic E-state index is 0.306. The Morgan fingerprint density at radius 2 is 1.81 bits per heavy atom. The quantitative estimate of drug-likeness (QED) is 0.687. The van der Waals surface area contributed by atoms with E-state index in [2.05, 4.69) is 55.1 Å². The van der Waals surface area contributed by atoms with Gasteiger partial charge < -0.3 is 9.64 Å². The molecule has 2 heterocycles. The van der Waals surface area contributed by atoms with Crippen molar-refractivity contribution in [2.24, 2.45) is 5.41 Å². The maximum Gasteiger partial charge on any atom is 0.360 e. The number of ether oxygens (including phenoxy) is 1.